The van der Waals surface area contributed by atoms with Gasteiger partial charge < -0.3 is 10.1 Å². The molecule has 1 rings (SSSR count). The summed E-state index contributed by atoms with van der Waals surface area (Å²) < 4.78 is 18.5. The van der Waals surface area contributed by atoms with Crippen LogP contribution in [0.25, 0.3) is 0 Å². The number of hydrogen-bond donors (Lipinski definition) is 1. The summed E-state index contributed by atoms with van der Waals surface area (Å²) in [6.45, 7) is 7.44. The fourth-order valence-corrected chi connectivity index (χ4v) is 1.99. The Hall–Kier alpha value is -1.09. The fraction of sp³-hybridized carbons (Fsp3) is 0.600. The van der Waals surface area contributed by atoms with Crippen molar-refractivity contribution in [2.75, 3.05) is 13.7 Å². The van der Waals surface area contributed by atoms with Crippen molar-refractivity contribution in [1.82, 2.24) is 5.32 Å². The summed E-state index contributed by atoms with van der Waals surface area (Å²) in [6, 6.07) is 5.29. The zero-order valence-electron chi connectivity index (χ0n) is 11.8. The van der Waals surface area contributed by atoms with E-state index in [9.17, 15) is 4.39 Å². The molecule has 1 atom stereocenters. The lowest BCUT2D eigenvalue weighted by Gasteiger charge is -2.19. The summed E-state index contributed by atoms with van der Waals surface area (Å²) in [6.07, 6.45) is 2.35. The van der Waals surface area contributed by atoms with Crippen molar-refractivity contribution < 1.29 is 9.13 Å². The molecule has 0 saturated carbocycles. The number of hydrogen-bond acceptors (Lipinski definition) is 2. The van der Waals surface area contributed by atoms with Crippen LogP contribution in [0.1, 0.15) is 45.2 Å². The molecule has 0 bridgehead atoms. The van der Waals surface area contributed by atoms with E-state index in [2.05, 4.69) is 26.1 Å². The Labute approximate surface area is 110 Å². The van der Waals surface area contributed by atoms with Gasteiger partial charge in [0.2, 0.25) is 0 Å². The van der Waals surface area contributed by atoms with Crippen LogP contribution in [0.2, 0.25) is 0 Å². The molecule has 0 aliphatic heterocycles. The summed E-state index contributed by atoms with van der Waals surface area (Å²) in [7, 11) is 1.48. The minimum absolute atomic E-state index is 0.158. The lowest BCUT2D eigenvalue weighted by molar-refractivity contribution is 0.384. The molecule has 1 aromatic rings. The highest BCUT2D eigenvalue weighted by molar-refractivity contribution is 5.30. The summed E-state index contributed by atoms with van der Waals surface area (Å²) in [5.74, 6) is 0.688. The number of ether oxygens (including phenoxy) is 1. The third kappa shape index (κ3) is 3.98. The van der Waals surface area contributed by atoms with Gasteiger partial charge in [-0.3, -0.25) is 0 Å². The zero-order valence-corrected chi connectivity index (χ0v) is 11.8. The van der Waals surface area contributed by atoms with Crippen LogP contribution in [-0.4, -0.2) is 13.7 Å². The van der Waals surface area contributed by atoms with Crippen LogP contribution in [-0.2, 0) is 0 Å². The van der Waals surface area contributed by atoms with E-state index in [-0.39, 0.29) is 11.9 Å². The first kappa shape index (κ1) is 15.0. The average molecular weight is 253 g/mol. The standard InChI is InChI=1S/C15H24FNO/c1-5-12(6-2)10-17-11(3)13-7-8-15(18-4)14(16)9-13/h7-9,11-12,17H,5-6,10H2,1-4H3. The van der Waals surface area contributed by atoms with E-state index in [4.69, 9.17) is 4.74 Å². The van der Waals surface area contributed by atoms with Gasteiger partial charge >= 0.3 is 0 Å². The molecule has 0 aliphatic rings. The first-order valence-electron chi connectivity index (χ1n) is 6.69. The van der Waals surface area contributed by atoms with Gasteiger partial charge in [-0.05, 0) is 37.1 Å². The molecule has 1 N–H and O–H groups in total. The summed E-state index contributed by atoms with van der Waals surface area (Å²) in [5, 5.41) is 3.46. The van der Waals surface area contributed by atoms with Crippen molar-refractivity contribution in [3.8, 4) is 5.75 Å². The molecule has 0 radical (unpaired) electrons. The molecule has 1 aromatic carbocycles. The van der Waals surface area contributed by atoms with Gasteiger partial charge in [0.25, 0.3) is 0 Å². The normalized spacial score (nSPS) is 12.8. The van der Waals surface area contributed by atoms with Gasteiger partial charge in [0.15, 0.2) is 11.6 Å². The van der Waals surface area contributed by atoms with E-state index in [1.54, 1.807) is 12.1 Å². The molecule has 0 aromatic heterocycles. The minimum Gasteiger partial charge on any atom is -0.494 e. The van der Waals surface area contributed by atoms with Crippen LogP contribution >= 0.6 is 0 Å². The Kier molecular flexibility index (Phi) is 6.13. The molecule has 3 heteroatoms. The molecule has 18 heavy (non-hydrogen) atoms. The van der Waals surface area contributed by atoms with Crippen LogP contribution in [0.5, 0.6) is 5.75 Å². The van der Waals surface area contributed by atoms with Gasteiger partial charge in [0.05, 0.1) is 7.11 Å². The minimum atomic E-state index is -0.300. The van der Waals surface area contributed by atoms with Crippen molar-refractivity contribution in [2.45, 2.75) is 39.7 Å². The van der Waals surface area contributed by atoms with Crippen molar-refractivity contribution in [1.29, 1.82) is 0 Å². The zero-order chi connectivity index (χ0) is 13.5. The van der Waals surface area contributed by atoms with Gasteiger partial charge in [-0.25, -0.2) is 4.39 Å². The Morgan fingerprint density at radius 1 is 1.28 bits per heavy atom. The van der Waals surface area contributed by atoms with Crippen LogP contribution in [0, 0.1) is 11.7 Å². The van der Waals surface area contributed by atoms with Crippen LogP contribution < -0.4 is 10.1 Å². The molecule has 1 unspecified atom stereocenters. The monoisotopic (exact) mass is 253 g/mol. The van der Waals surface area contributed by atoms with Gasteiger partial charge in [-0.15, -0.1) is 0 Å². The molecule has 0 fully saturated rings. The number of halogens is 1. The topological polar surface area (TPSA) is 21.3 Å². The summed E-state index contributed by atoms with van der Waals surface area (Å²) >= 11 is 0. The lowest BCUT2D eigenvalue weighted by atomic mass is 10.0. The van der Waals surface area contributed by atoms with Crippen molar-refractivity contribution in [2.24, 2.45) is 5.92 Å². The number of benzene rings is 1. The molecular formula is C15H24FNO. The van der Waals surface area contributed by atoms with Crippen LogP contribution in [0.4, 0.5) is 4.39 Å². The van der Waals surface area contributed by atoms with Crippen LogP contribution in [0.15, 0.2) is 18.2 Å². The average Bonchev–Trinajstić information content (AvgIpc) is 2.39. The number of nitrogens with one attached hydrogen (secondary N) is 1. The first-order chi connectivity index (χ1) is 8.62. The fourth-order valence-electron chi connectivity index (χ4n) is 1.99. The third-order valence-corrected chi connectivity index (χ3v) is 3.54. The molecule has 0 saturated heterocycles. The maximum atomic E-state index is 13.6. The second-order valence-electron chi connectivity index (χ2n) is 4.71. The second kappa shape index (κ2) is 7.37. The summed E-state index contributed by atoms with van der Waals surface area (Å²) in [4.78, 5) is 0. The van der Waals surface area contributed by atoms with Crippen LogP contribution in [0.3, 0.4) is 0 Å². The highest BCUT2D eigenvalue weighted by atomic mass is 19.1. The predicted molar refractivity (Wildman–Crippen MR) is 73.4 cm³/mol. The van der Waals surface area contributed by atoms with E-state index in [1.807, 2.05) is 6.07 Å². The molecule has 0 heterocycles. The highest BCUT2D eigenvalue weighted by Crippen LogP contribution is 2.22. The Morgan fingerprint density at radius 2 is 1.94 bits per heavy atom. The maximum Gasteiger partial charge on any atom is 0.165 e. The van der Waals surface area contributed by atoms with Gasteiger partial charge in [-0.2, -0.15) is 0 Å². The lowest BCUT2D eigenvalue weighted by Crippen LogP contribution is -2.25. The van der Waals surface area contributed by atoms with E-state index in [0.717, 1.165) is 12.1 Å². The molecule has 0 amide bonds. The highest BCUT2D eigenvalue weighted by Gasteiger charge is 2.11. The molecule has 2 nitrogen and oxygen atoms in total. The van der Waals surface area contributed by atoms with Crippen molar-refractivity contribution in [3.63, 3.8) is 0 Å². The van der Waals surface area contributed by atoms with Gasteiger partial charge in [0.1, 0.15) is 0 Å². The Balaban J connectivity index is 2.61. The molecular weight excluding hydrogens is 229 g/mol. The number of rotatable bonds is 7. The molecule has 0 aliphatic carbocycles. The van der Waals surface area contributed by atoms with E-state index in [1.165, 1.54) is 20.0 Å². The van der Waals surface area contributed by atoms with Crippen molar-refractivity contribution >= 4 is 0 Å². The Bertz CT molecular complexity index is 364. The molecule has 102 valence electrons. The third-order valence-electron chi connectivity index (χ3n) is 3.54. The Morgan fingerprint density at radius 3 is 2.44 bits per heavy atom. The van der Waals surface area contributed by atoms with Gasteiger partial charge in [-0.1, -0.05) is 32.8 Å². The second-order valence-corrected chi connectivity index (χ2v) is 4.71. The number of methoxy groups -OCH3 is 1. The SMILES string of the molecule is CCC(CC)CNC(C)c1ccc(OC)c(F)c1. The quantitative estimate of drug-likeness (QED) is 0.795. The largest absolute Gasteiger partial charge is 0.494 e. The maximum absolute atomic E-state index is 13.6. The predicted octanol–water partition coefficient (Wildman–Crippen LogP) is 3.92. The smallest absolute Gasteiger partial charge is 0.165 e. The summed E-state index contributed by atoms with van der Waals surface area (Å²) in [5.41, 5.74) is 0.958. The van der Waals surface area contributed by atoms with Gasteiger partial charge in [0, 0.05) is 6.04 Å². The van der Waals surface area contributed by atoms with E-state index >= 15 is 0 Å². The first-order valence-corrected chi connectivity index (χ1v) is 6.69. The van der Waals surface area contributed by atoms with Crippen molar-refractivity contribution in [3.05, 3.63) is 29.6 Å². The van der Waals surface area contributed by atoms with E-state index in [0.29, 0.717) is 11.7 Å². The molecule has 0 spiro atoms. The van der Waals surface area contributed by atoms with E-state index < -0.39 is 0 Å².